The molecule has 0 bridgehead atoms. The van der Waals surface area contributed by atoms with Gasteiger partial charge in [-0.3, -0.25) is 9.89 Å². The van der Waals surface area contributed by atoms with Gasteiger partial charge in [-0.15, -0.1) is 6.58 Å². The summed E-state index contributed by atoms with van der Waals surface area (Å²) >= 11 is 0. The number of ether oxygens (including phenoxy) is 1. The Morgan fingerprint density at radius 3 is 2.86 bits per heavy atom. The summed E-state index contributed by atoms with van der Waals surface area (Å²) in [6, 6.07) is 0. The Hall–Kier alpha value is -2.31. The molecule has 0 fully saturated rings. The topological polar surface area (TPSA) is 87.3 Å². The molecule has 0 spiro atoms. The van der Waals surface area contributed by atoms with Crippen molar-refractivity contribution >= 4 is 12.0 Å². The summed E-state index contributed by atoms with van der Waals surface area (Å²) in [5.74, 6) is -0.275. The van der Waals surface area contributed by atoms with Crippen molar-refractivity contribution in [3.63, 3.8) is 0 Å². The van der Waals surface area contributed by atoms with Crippen molar-refractivity contribution in [3.05, 3.63) is 29.6 Å². The number of carbonyl (C=O) groups excluding carboxylic acids is 2. The lowest BCUT2D eigenvalue weighted by atomic mass is 10.1. The van der Waals surface area contributed by atoms with E-state index in [1.165, 1.54) is 0 Å². The third-order valence-corrected chi connectivity index (χ3v) is 3.21. The number of hydrogen-bond donors (Lipinski definition) is 2. The van der Waals surface area contributed by atoms with Crippen LogP contribution in [0.15, 0.2) is 12.7 Å². The van der Waals surface area contributed by atoms with E-state index in [1.54, 1.807) is 11.0 Å². The van der Waals surface area contributed by atoms with Gasteiger partial charge >= 0.3 is 6.09 Å². The van der Waals surface area contributed by atoms with Crippen molar-refractivity contribution in [1.29, 1.82) is 0 Å². The van der Waals surface area contributed by atoms with Crippen LogP contribution in [0, 0.1) is 0 Å². The summed E-state index contributed by atoms with van der Waals surface area (Å²) in [5, 5.41) is 9.64. The Morgan fingerprint density at radius 1 is 1.50 bits per heavy atom. The van der Waals surface area contributed by atoms with Gasteiger partial charge in [0.1, 0.15) is 5.60 Å². The number of fused-ring (bicyclic) bond motifs is 1. The van der Waals surface area contributed by atoms with Gasteiger partial charge in [-0.25, -0.2) is 4.79 Å². The van der Waals surface area contributed by atoms with Crippen LogP contribution in [0.1, 0.15) is 42.5 Å². The van der Waals surface area contributed by atoms with E-state index in [4.69, 9.17) is 4.74 Å². The van der Waals surface area contributed by atoms with Gasteiger partial charge < -0.3 is 15.0 Å². The van der Waals surface area contributed by atoms with E-state index in [0.717, 1.165) is 11.3 Å². The molecule has 2 N–H and O–H groups in total. The fraction of sp³-hybridized carbons (Fsp3) is 0.533. The molecule has 7 heteroatoms. The Kier molecular flexibility index (Phi) is 4.54. The maximum absolute atomic E-state index is 12.2. The number of aromatic amines is 1. The molecule has 22 heavy (non-hydrogen) atoms. The van der Waals surface area contributed by atoms with Crippen LogP contribution in [-0.4, -0.2) is 45.8 Å². The van der Waals surface area contributed by atoms with Crippen LogP contribution in [0.4, 0.5) is 4.79 Å². The lowest BCUT2D eigenvalue weighted by Crippen LogP contribution is -2.40. The molecular weight excluding hydrogens is 284 g/mol. The summed E-state index contributed by atoms with van der Waals surface area (Å²) in [4.78, 5) is 25.8. The van der Waals surface area contributed by atoms with Crippen molar-refractivity contribution in [2.75, 3.05) is 13.1 Å². The Balaban J connectivity index is 2.12. The molecule has 1 aliphatic rings. The lowest BCUT2D eigenvalue weighted by Gasteiger charge is -2.30. The predicted molar refractivity (Wildman–Crippen MR) is 81.5 cm³/mol. The molecule has 2 amide bonds. The zero-order valence-corrected chi connectivity index (χ0v) is 13.2. The molecule has 0 radical (unpaired) electrons. The first-order valence-corrected chi connectivity index (χ1v) is 7.25. The van der Waals surface area contributed by atoms with E-state index in [-0.39, 0.29) is 12.0 Å². The molecule has 7 nitrogen and oxygen atoms in total. The van der Waals surface area contributed by atoms with Crippen LogP contribution in [0.25, 0.3) is 0 Å². The molecule has 1 aromatic rings. The van der Waals surface area contributed by atoms with Crippen LogP contribution < -0.4 is 5.32 Å². The average molecular weight is 306 g/mol. The lowest BCUT2D eigenvalue weighted by molar-refractivity contribution is 0.0222. The van der Waals surface area contributed by atoms with Crippen molar-refractivity contribution in [2.24, 2.45) is 0 Å². The van der Waals surface area contributed by atoms with Gasteiger partial charge in [0.05, 0.1) is 6.54 Å². The minimum absolute atomic E-state index is 0.275. The number of nitrogens with zero attached hydrogens (tertiary/aromatic N) is 2. The van der Waals surface area contributed by atoms with Gasteiger partial charge in [0.25, 0.3) is 5.91 Å². The number of amides is 2. The second kappa shape index (κ2) is 6.21. The molecule has 2 rings (SSSR count). The fourth-order valence-corrected chi connectivity index (χ4v) is 2.21. The second-order valence-corrected chi connectivity index (χ2v) is 6.18. The fourth-order valence-electron chi connectivity index (χ4n) is 2.21. The SMILES string of the molecule is C=CCNC(=O)c1n[nH]c2c1CN(C(=O)OC(C)(C)C)CC2. The smallest absolute Gasteiger partial charge is 0.410 e. The third kappa shape index (κ3) is 3.66. The molecule has 0 aliphatic carbocycles. The molecule has 0 saturated heterocycles. The summed E-state index contributed by atoms with van der Waals surface area (Å²) in [6.07, 6.45) is 1.84. The Morgan fingerprint density at radius 2 is 2.23 bits per heavy atom. The zero-order valence-electron chi connectivity index (χ0n) is 13.2. The first-order chi connectivity index (χ1) is 10.3. The van der Waals surface area contributed by atoms with Crippen LogP contribution in [0.5, 0.6) is 0 Å². The summed E-state index contributed by atoms with van der Waals surface area (Å²) in [6.45, 7) is 10.3. The normalized spacial score (nSPS) is 14.2. The Bertz CT molecular complexity index is 586. The van der Waals surface area contributed by atoms with Crippen LogP contribution in [0.2, 0.25) is 0 Å². The minimum Gasteiger partial charge on any atom is -0.444 e. The number of aromatic nitrogens is 2. The van der Waals surface area contributed by atoms with E-state index in [9.17, 15) is 9.59 Å². The van der Waals surface area contributed by atoms with Crippen molar-refractivity contribution < 1.29 is 14.3 Å². The van der Waals surface area contributed by atoms with E-state index in [1.807, 2.05) is 20.8 Å². The number of carbonyl (C=O) groups is 2. The van der Waals surface area contributed by atoms with Crippen LogP contribution in [-0.2, 0) is 17.7 Å². The van der Waals surface area contributed by atoms with Crippen LogP contribution >= 0.6 is 0 Å². The highest BCUT2D eigenvalue weighted by Gasteiger charge is 2.30. The quantitative estimate of drug-likeness (QED) is 0.831. The molecular formula is C15H22N4O3. The largest absolute Gasteiger partial charge is 0.444 e. The highest BCUT2D eigenvalue weighted by Crippen LogP contribution is 2.22. The number of H-pyrrole nitrogens is 1. The van der Waals surface area contributed by atoms with Gasteiger partial charge in [0.15, 0.2) is 5.69 Å². The molecule has 1 aromatic heterocycles. The third-order valence-electron chi connectivity index (χ3n) is 3.21. The van der Waals surface area contributed by atoms with E-state index >= 15 is 0 Å². The molecule has 0 aromatic carbocycles. The molecule has 0 atom stereocenters. The van der Waals surface area contributed by atoms with Gasteiger partial charge in [-0.05, 0) is 20.8 Å². The summed E-state index contributed by atoms with van der Waals surface area (Å²) in [7, 11) is 0. The Labute approximate surface area is 129 Å². The van der Waals surface area contributed by atoms with Crippen molar-refractivity contribution in [3.8, 4) is 0 Å². The number of hydrogen-bond acceptors (Lipinski definition) is 4. The van der Waals surface area contributed by atoms with Crippen molar-refractivity contribution in [2.45, 2.75) is 39.3 Å². The molecule has 2 heterocycles. The maximum atomic E-state index is 12.2. The molecule has 1 aliphatic heterocycles. The second-order valence-electron chi connectivity index (χ2n) is 6.18. The monoisotopic (exact) mass is 306 g/mol. The van der Waals surface area contributed by atoms with Gasteiger partial charge in [0.2, 0.25) is 0 Å². The summed E-state index contributed by atoms with van der Waals surface area (Å²) < 4.78 is 5.38. The highest BCUT2D eigenvalue weighted by molar-refractivity contribution is 5.94. The van der Waals surface area contributed by atoms with E-state index in [2.05, 4.69) is 22.1 Å². The minimum atomic E-state index is -0.544. The van der Waals surface area contributed by atoms with Gasteiger partial charge in [-0.1, -0.05) is 6.08 Å². The van der Waals surface area contributed by atoms with Crippen molar-refractivity contribution in [1.82, 2.24) is 20.4 Å². The first-order valence-electron chi connectivity index (χ1n) is 7.25. The summed E-state index contributed by atoms with van der Waals surface area (Å²) in [5.41, 5.74) is 1.42. The molecule has 0 saturated carbocycles. The maximum Gasteiger partial charge on any atom is 0.410 e. The number of nitrogens with one attached hydrogen (secondary N) is 2. The predicted octanol–water partition coefficient (Wildman–Crippen LogP) is 1.62. The first kappa shape index (κ1) is 16.1. The zero-order chi connectivity index (χ0) is 16.3. The number of rotatable bonds is 3. The van der Waals surface area contributed by atoms with E-state index in [0.29, 0.717) is 31.7 Å². The highest BCUT2D eigenvalue weighted by atomic mass is 16.6. The standard InChI is InChI=1S/C15H22N4O3/c1-5-7-16-13(20)12-10-9-19(8-6-11(10)17-18-12)14(21)22-15(2,3)4/h5H,1,6-9H2,2-4H3,(H,16,20)(H,17,18). The van der Waals surface area contributed by atoms with Gasteiger partial charge in [-0.2, -0.15) is 5.10 Å². The van der Waals surface area contributed by atoms with Crippen LogP contribution in [0.3, 0.4) is 0 Å². The van der Waals surface area contributed by atoms with Gasteiger partial charge in [0, 0.05) is 30.8 Å². The van der Waals surface area contributed by atoms with E-state index < -0.39 is 5.60 Å². The average Bonchev–Trinajstić information content (AvgIpc) is 2.85. The molecule has 120 valence electrons. The molecule has 0 unspecified atom stereocenters.